The van der Waals surface area contributed by atoms with Crippen LogP contribution in [0.25, 0.3) is 0 Å². The Morgan fingerprint density at radius 2 is 1.93 bits per heavy atom. The summed E-state index contributed by atoms with van der Waals surface area (Å²) in [5.74, 6) is -0.510. The molecule has 30 heavy (non-hydrogen) atoms. The number of benzene rings is 2. The number of H-pyrrole nitrogens is 1. The van der Waals surface area contributed by atoms with Crippen LogP contribution in [0.1, 0.15) is 16.8 Å². The van der Waals surface area contributed by atoms with Crippen LogP contribution < -0.4 is 10.7 Å². The molecular weight excluding hydrogens is 406 g/mol. The lowest BCUT2D eigenvalue weighted by Crippen LogP contribution is -2.47. The van der Waals surface area contributed by atoms with Crippen molar-refractivity contribution in [2.24, 2.45) is 5.10 Å². The molecule has 0 fully saturated rings. The van der Waals surface area contributed by atoms with Crippen LogP contribution in [0.5, 0.6) is 0 Å². The second-order valence-electron chi connectivity index (χ2n) is 6.30. The number of amides is 2. The van der Waals surface area contributed by atoms with Crippen molar-refractivity contribution < 1.29 is 14.3 Å². The fourth-order valence-electron chi connectivity index (χ4n) is 2.56. The molecular formula is C21H20ClN5O3. The Labute approximate surface area is 178 Å². The van der Waals surface area contributed by atoms with E-state index in [1.807, 2.05) is 30.3 Å². The molecule has 3 aromatic rings. The molecule has 0 saturated heterocycles. The van der Waals surface area contributed by atoms with E-state index < -0.39 is 18.0 Å². The van der Waals surface area contributed by atoms with Gasteiger partial charge in [0.15, 0.2) is 0 Å². The van der Waals surface area contributed by atoms with Crippen LogP contribution >= 0.6 is 11.6 Å². The Bertz CT molecular complexity index is 993. The predicted octanol–water partition coefficient (Wildman–Crippen LogP) is 3.05. The molecule has 8 nitrogen and oxygen atoms in total. The van der Waals surface area contributed by atoms with Gasteiger partial charge in [-0.05, 0) is 11.6 Å². The third kappa shape index (κ3) is 6.46. The first kappa shape index (κ1) is 21.1. The summed E-state index contributed by atoms with van der Waals surface area (Å²) < 4.78 is 5.21. The molecule has 1 aromatic heterocycles. The number of halogens is 1. The van der Waals surface area contributed by atoms with Crippen LogP contribution in [0, 0.1) is 0 Å². The summed E-state index contributed by atoms with van der Waals surface area (Å²) in [5, 5.41) is 7.00. The number of imidazole rings is 1. The zero-order valence-electron chi connectivity index (χ0n) is 15.9. The van der Waals surface area contributed by atoms with Crippen molar-refractivity contribution >= 4 is 29.8 Å². The van der Waals surface area contributed by atoms with Gasteiger partial charge in [-0.1, -0.05) is 60.1 Å². The van der Waals surface area contributed by atoms with Crippen LogP contribution in [0.4, 0.5) is 4.79 Å². The van der Waals surface area contributed by atoms with Crippen LogP contribution in [-0.4, -0.2) is 34.2 Å². The summed E-state index contributed by atoms with van der Waals surface area (Å²) in [4.78, 5) is 31.6. The first-order valence-electron chi connectivity index (χ1n) is 9.13. The first-order valence-corrected chi connectivity index (χ1v) is 9.51. The zero-order valence-corrected chi connectivity index (χ0v) is 16.7. The molecule has 3 rings (SSSR count). The number of hydrazone groups is 1. The van der Waals surface area contributed by atoms with Crippen molar-refractivity contribution in [3.63, 3.8) is 0 Å². The Morgan fingerprint density at radius 3 is 2.67 bits per heavy atom. The maximum Gasteiger partial charge on any atom is 0.408 e. The topological polar surface area (TPSA) is 108 Å². The molecule has 0 aliphatic rings. The standard InChI is InChI=1S/C21H20ClN5O3/c22-18-9-5-4-8-16(18)11-25-27-20(28)19(10-17-12-23-14-24-17)26-21(29)30-13-15-6-2-1-3-7-15/h1-9,11-12,14,19H,10,13H2,(H,23,24)(H,26,29)(H,27,28)/b25-11-/t19-/m1/s1. The zero-order chi connectivity index (χ0) is 21.2. The fourth-order valence-corrected chi connectivity index (χ4v) is 2.74. The van der Waals surface area contributed by atoms with E-state index in [4.69, 9.17) is 16.3 Å². The third-order valence-electron chi connectivity index (χ3n) is 4.08. The maximum absolute atomic E-state index is 12.6. The molecule has 1 atom stereocenters. The molecule has 0 aliphatic carbocycles. The number of nitrogens with one attached hydrogen (secondary N) is 3. The highest BCUT2D eigenvalue weighted by Gasteiger charge is 2.22. The molecule has 0 unspecified atom stereocenters. The third-order valence-corrected chi connectivity index (χ3v) is 4.43. The number of hydrogen-bond donors (Lipinski definition) is 3. The summed E-state index contributed by atoms with van der Waals surface area (Å²) in [6, 6.07) is 15.4. The molecule has 0 saturated carbocycles. The number of aromatic nitrogens is 2. The van der Waals surface area contributed by atoms with Crippen molar-refractivity contribution in [1.29, 1.82) is 0 Å². The van der Waals surface area contributed by atoms with Gasteiger partial charge in [0.25, 0.3) is 5.91 Å². The van der Waals surface area contributed by atoms with Gasteiger partial charge in [0.1, 0.15) is 12.6 Å². The number of aromatic amines is 1. The Balaban J connectivity index is 1.60. The number of ether oxygens (including phenoxy) is 1. The number of hydrogen-bond acceptors (Lipinski definition) is 5. The van der Waals surface area contributed by atoms with Crippen LogP contribution in [-0.2, 0) is 22.6 Å². The average Bonchev–Trinajstić information content (AvgIpc) is 3.27. The molecule has 3 N–H and O–H groups in total. The lowest BCUT2D eigenvalue weighted by Gasteiger charge is -2.16. The predicted molar refractivity (Wildman–Crippen MR) is 113 cm³/mol. The van der Waals surface area contributed by atoms with Gasteiger partial charge >= 0.3 is 6.09 Å². The second-order valence-corrected chi connectivity index (χ2v) is 6.70. The van der Waals surface area contributed by atoms with Crippen molar-refractivity contribution in [3.8, 4) is 0 Å². The average molecular weight is 426 g/mol. The highest BCUT2D eigenvalue weighted by atomic mass is 35.5. The molecule has 9 heteroatoms. The lowest BCUT2D eigenvalue weighted by molar-refractivity contribution is -0.123. The highest BCUT2D eigenvalue weighted by molar-refractivity contribution is 6.33. The minimum atomic E-state index is -0.919. The Kier molecular flexibility index (Phi) is 7.57. The van der Waals surface area contributed by atoms with E-state index in [1.54, 1.807) is 30.5 Å². The smallest absolute Gasteiger partial charge is 0.408 e. The maximum atomic E-state index is 12.6. The van der Waals surface area contributed by atoms with Crippen molar-refractivity contribution in [1.82, 2.24) is 20.7 Å². The van der Waals surface area contributed by atoms with E-state index >= 15 is 0 Å². The molecule has 0 aliphatic heterocycles. The van der Waals surface area contributed by atoms with Crippen molar-refractivity contribution in [3.05, 3.63) is 89.0 Å². The van der Waals surface area contributed by atoms with Gasteiger partial charge in [-0.2, -0.15) is 5.10 Å². The summed E-state index contributed by atoms with van der Waals surface area (Å²) in [6.07, 6.45) is 3.97. The number of nitrogens with zero attached hydrogens (tertiary/aromatic N) is 2. The summed E-state index contributed by atoms with van der Waals surface area (Å²) in [6.45, 7) is 0.0930. The van der Waals surface area contributed by atoms with Crippen LogP contribution in [0.3, 0.4) is 0 Å². The van der Waals surface area contributed by atoms with Gasteiger partial charge in [-0.15, -0.1) is 0 Å². The van der Waals surface area contributed by atoms with Gasteiger partial charge in [0.2, 0.25) is 0 Å². The fraction of sp³-hybridized carbons (Fsp3) is 0.143. The Hall–Kier alpha value is -3.65. The van der Waals surface area contributed by atoms with E-state index in [0.29, 0.717) is 16.3 Å². The molecule has 0 radical (unpaired) electrons. The summed E-state index contributed by atoms with van der Waals surface area (Å²) in [5.41, 5.74) is 4.58. The molecule has 2 amide bonds. The van der Waals surface area contributed by atoms with Crippen LogP contribution in [0.15, 0.2) is 72.2 Å². The lowest BCUT2D eigenvalue weighted by atomic mass is 10.1. The number of alkyl carbamates (subject to hydrolysis) is 1. The van der Waals surface area contributed by atoms with Crippen LogP contribution in [0.2, 0.25) is 5.02 Å². The van der Waals surface area contributed by atoms with E-state index in [-0.39, 0.29) is 13.0 Å². The summed E-state index contributed by atoms with van der Waals surface area (Å²) >= 11 is 6.06. The van der Waals surface area contributed by atoms with Gasteiger partial charge in [0, 0.05) is 28.9 Å². The monoisotopic (exact) mass is 425 g/mol. The number of rotatable bonds is 8. The molecule has 0 spiro atoms. The van der Waals surface area contributed by atoms with Gasteiger partial charge in [-0.25, -0.2) is 15.2 Å². The van der Waals surface area contributed by atoms with E-state index in [0.717, 1.165) is 5.56 Å². The minimum Gasteiger partial charge on any atom is -0.445 e. The highest BCUT2D eigenvalue weighted by Crippen LogP contribution is 2.12. The molecule has 154 valence electrons. The van der Waals surface area contributed by atoms with E-state index in [2.05, 4.69) is 25.8 Å². The molecule has 0 bridgehead atoms. The first-order chi connectivity index (χ1) is 14.6. The minimum absolute atomic E-state index is 0.0930. The van der Waals surface area contributed by atoms with Gasteiger partial charge < -0.3 is 15.0 Å². The van der Waals surface area contributed by atoms with E-state index in [1.165, 1.54) is 12.5 Å². The normalized spacial score (nSPS) is 11.8. The number of carbonyl (C=O) groups excluding carboxylic acids is 2. The Morgan fingerprint density at radius 1 is 1.17 bits per heavy atom. The molecule has 2 aromatic carbocycles. The quantitative estimate of drug-likeness (QED) is 0.380. The van der Waals surface area contributed by atoms with Gasteiger partial charge in [0.05, 0.1) is 12.5 Å². The van der Waals surface area contributed by atoms with Crippen molar-refractivity contribution in [2.45, 2.75) is 19.1 Å². The van der Waals surface area contributed by atoms with E-state index in [9.17, 15) is 9.59 Å². The number of carbonyl (C=O) groups is 2. The van der Waals surface area contributed by atoms with Crippen molar-refractivity contribution in [2.75, 3.05) is 0 Å². The second kappa shape index (κ2) is 10.8. The SMILES string of the molecule is O=C(N[C@H](Cc1cnc[nH]1)C(=O)N/N=C\c1ccccc1Cl)OCc1ccccc1. The largest absolute Gasteiger partial charge is 0.445 e. The molecule has 1 heterocycles. The van der Waals surface area contributed by atoms with Gasteiger partial charge in [-0.3, -0.25) is 4.79 Å². The summed E-state index contributed by atoms with van der Waals surface area (Å²) in [7, 11) is 0.